The molecular weight excluding hydrogens is 172 g/mol. The van der Waals surface area contributed by atoms with E-state index in [0.717, 1.165) is 12.3 Å². The lowest BCUT2D eigenvalue weighted by atomic mass is 10.00. The fourth-order valence-corrected chi connectivity index (χ4v) is 2.93. The molecule has 2 saturated carbocycles. The van der Waals surface area contributed by atoms with Crippen LogP contribution in [-0.4, -0.2) is 11.2 Å². The molecule has 0 radical (unpaired) electrons. The second-order valence-corrected chi connectivity index (χ2v) is 5.28. The summed E-state index contributed by atoms with van der Waals surface area (Å²) >= 11 is 0. The van der Waals surface area contributed by atoms with Crippen LogP contribution in [0.2, 0.25) is 0 Å². The maximum absolute atomic E-state index is 9.90. The van der Waals surface area contributed by atoms with Crippen molar-refractivity contribution in [1.29, 1.82) is 0 Å². The van der Waals surface area contributed by atoms with Crippen molar-refractivity contribution >= 4 is 0 Å². The SMILES string of the molecule is O[C@H]1CCCCCCCCC[C@H]2C[C@@H]21. The summed E-state index contributed by atoms with van der Waals surface area (Å²) in [6.07, 6.45) is 13.5. The minimum atomic E-state index is 0.0411. The molecule has 0 amide bonds. The zero-order valence-corrected chi connectivity index (χ0v) is 9.25. The predicted octanol–water partition coefficient (Wildman–Crippen LogP) is 3.51. The molecule has 0 aliphatic heterocycles. The van der Waals surface area contributed by atoms with Crippen LogP contribution in [0.15, 0.2) is 0 Å². The molecule has 0 spiro atoms. The predicted molar refractivity (Wildman–Crippen MR) is 59.2 cm³/mol. The third kappa shape index (κ3) is 2.98. The van der Waals surface area contributed by atoms with Crippen LogP contribution >= 0.6 is 0 Å². The quantitative estimate of drug-likeness (QED) is 0.628. The van der Waals surface area contributed by atoms with Crippen molar-refractivity contribution in [2.24, 2.45) is 11.8 Å². The molecule has 0 heterocycles. The Hall–Kier alpha value is -0.0400. The topological polar surface area (TPSA) is 20.2 Å². The van der Waals surface area contributed by atoms with Gasteiger partial charge in [-0.3, -0.25) is 0 Å². The van der Waals surface area contributed by atoms with Crippen LogP contribution in [0.1, 0.15) is 64.2 Å². The molecule has 2 aliphatic rings. The molecular formula is C13H24O. The number of rotatable bonds is 0. The van der Waals surface area contributed by atoms with E-state index in [9.17, 15) is 5.11 Å². The highest BCUT2D eigenvalue weighted by molar-refractivity contribution is 4.91. The monoisotopic (exact) mass is 196 g/mol. The Balaban J connectivity index is 1.74. The highest BCUT2D eigenvalue weighted by Crippen LogP contribution is 2.46. The zero-order chi connectivity index (χ0) is 9.80. The van der Waals surface area contributed by atoms with Crippen LogP contribution in [0, 0.1) is 11.8 Å². The first-order chi connectivity index (χ1) is 6.88. The largest absolute Gasteiger partial charge is 0.393 e. The minimum absolute atomic E-state index is 0.0411. The van der Waals surface area contributed by atoms with Gasteiger partial charge in [0.05, 0.1) is 6.10 Å². The summed E-state index contributed by atoms with van der Waals surface area (Å²) in [6.45, 7) is 0. The smallest absolute Gasteiger partial charge is 0.0571 e. The van der Waals surface area contributed by atoms with Gasteiger partial charge in [0.25, 0.3) is 0 Å². The van der Waals surface area contributed by atoms with Crippen LogP contribution < -0.4 is 0 Å². The molecule has 0 bridgehead atoms. The van der Waals surface area contributed by atoms with Crippen molar-refractivity contribution < 1.29 is 5.11 Å². The van der Waals surface area contributed by atoms with Gasteiger partial charge in [0.2, 0.25) is 0 Å². The molecule has 0 aromatic carbocycles. The number of aliphatic hydroxyl groups excluding tert-OH is 1. The van der Waals surface area contributed by atoms with E-state index in [1.54, 1.807) is 0 Å². The average Bonchev–Trinajstić information content (AvgIpc) is 2.92. The molecule has 14 heavy (non-hydrogen) atoms. The Morgan fingerprint density at radius 3 is 2.00 bits per heavy atom. The number of hydrogen-bond donors (Lipinski definition) is 1. The highest BCUT2D eigenvalue weighted by Gasteiger charge is 2.40. The molecule has 2 fully saturated rings. The molecule has 0 aromatic heterocycles. The summed E-state index contributed by atoms with van der Waals surface area (Å²) < 4.78 is 0. The van der Waals surface area contributed by atoms with Gasteiger partial charge in [0.1, 0.15) is 0 Å². The summed E-state index contributed by atoms with van der Waals surface area (Å²) in [5.41, 5.74) is 0. The van der Waals surface area contributed by atoms with E-state index in [2.05, 4.69) is 0 Å². The summed E-state index contributed by atoms with van der Waals surface area (Å²) in [4.78, 5) is 0. The Labute approximate surface area is 87.9 Å². The molecule has 1 nitrogen and oxygen atoms in total. The third-order valence-corrected chi connectivity index (χ3v) is 4.05. The second-order valence-electron chi connectivity index (χ2n) is 5.28. The number of hydrogen-bond acceptors (Lipinski definition) is 1. The summed E-state index contributed by atoms with van der Waals surface area (Å²) in [6, 6.07) is 0. The average molecular weight is 196 g/mol. The van der Waals surface area contributed by atoms with Crippen molar-refractivity contribution in [3.63, 3.8) is 0 Å². The van der Waals surface area contributed by atoms with Crippen molar-refractivity contribution in [3.05, 3.63) is 0 Å². The van der Waals surface area contributed by atoms with Gasteiger partial charge in [-0.05, 0) is 24.7 Å². The maximum atomic E-state index is 9.90. The molecule has 0 unspecified atom stereocenters. The third-order valence-electron chi connectivity index (χ3n) is 4.05. The van der Waals surface area contributed by atoms with E-state index in [1.165, 1.54) is 57.8 Å². The van der Waals surface area contributed by atoms with E-state index < -0.39 is 0 Å². The molecule has 3 atom stereocenters. The lowest BCUT2D eigenvalue weighted by molar-refractivity contribution is 0.130. The Morgan fingerprint density at radius 1 is 0.714 bits per heavy atom. The first kappa shape index (κ1) is 10.5. The number of fused-ring (bicyclic) bond motifs is 1. The molecule has 82 valence electrons. The first-order valence-electron chi connectivity index (χ1n) is 6.56. The van der Waals surface area contributed by atoms with Gasteiger partial charge in [0.15, 0.2) is 0 Å². The van der Waals surface area contributed by atoms with Crippen LogP contribution in [0.3, 0.4) is 0 Å². The van der Waals surface area contributed by atoms with Gasteiger partial charge >= 0.3 is 0 Å². The Bertz CT molecular complexity index is 167. The molecule has 2 rings (SSSR count). The van der Waals surface area contributed by atoms with Gasteiger partial charge in [-0.2, -0.15) is 0 Å². The summed E-state index contributed by atoms with van der Waals surface area (Å²) in [7, 11) is 0. The van der Waals surface area contributed by atoms with Gasteiger partial charge in [0, 0.05) is 0 Å². The first-order valence-corrected chi connectivity index (χ1v) is 6.56. The van der Waals surface area contributed by atoms with Crippen molar-refractivity contribution in [3.8, 4) is 0 Å². The molecule has 0 aromatic rings. The van der Waals surface area contributed by atoms with Gasteiger partial charge in [-0.15, -0.1) is 0 Å². The number of aliphatic hydroxyl groups is 1. The van der Waals surface area contributed by atoms with Crippen molar-refractivity contribution in [1.82, 2.24) is 0 Å². The summed E-state index contributed by atoms with van der Waals surface area (Å²) in [5, 5.41) is 9.90. The summed E-state index contributed by atoms with van der Waals surface area (Å²) in [5.74, 6) is 1.58. The van der Waals surface area contributed by atoms with Crippen LogP contribution in [0.5, 0.6) is 0 Å². The van der Waals surface area contributed by atoms with Crippen LogP contribution in [0.25, 0.3) is 0 Å². The fourth-order valence-electron chi connectivity index (χ4n) is 2.93. The lowest BCUT2D eigenvalue weighted by Crippen LogP contribution is -2.10. The molecule has 0 saturated heterocycles. The highest BCUT2D eigenvalue weighted by atomic mass is 16.3. The van der Waals surface area contributed by atoms with Crippen LogP contribution in [-0.2, 0) is 0 Å². The Kier molecular flexibility index (Phi) is 3.86. The fraction of sp³-hybridized carbons (Fsp3) is 1.00. The molecule has 2 aliphatic carbocycles. The van der Waals surface area contributed by atoms with E-state index in [0.29, 0.717) is 5.92 Å². The second kappa shape index (κ2) is 5.16. The normalized spacial score (nSPS) is 40.5. The van der Waals surface area contributed by atoms with Gasteiger partial charge < -0.3 is 5.11 Å². The Morgan fingerprint density at radius 2 is 1.29 bits per heavy atom. The molecule has 1 N–H and O–H groups in total. The van der Waals surface area contributed by atoms with E-state index in [4.69, 9.17) is 0 Å². The van der Waals surface area contributed by atoms with Gasteiger partial charge in [-0.25, -0.2) is 0 Å². The van der Waals surface area contributed by atoms with E-state index >= 15 is 0 Å². The van der Waals surface area contributed by atoms with E-state index in [1.807, 2.05) is 0 Å². The standard InChI is InChI=1S/C13H24O/c14-13-9-7-5-3-1-2-4-6-8-11-10-12(11)13/h11-14H,1-10H2/t11-,12-,13-/m0/s1. The zero-order valence-electron chi connectivity index (χ0n) is 9.25. The van der Waals surface area contributed by atoms with Crippen LogP contribution in [0.4, 0.5) is 0 Å². The minimum Gasteiger partial charge on any atom is -0.393 e. The lowest BCUT2D eigenvalue weighted by Gasteiger charge is -2.11. The van der Waals surface area contributed by atoms with Crippen molar-refractivity contribution in [2.45, 2.75) is 70.3 Å². The van der Waals surface area contributed by atoms with Gasteiger partial charge in [-0.1, -0.05) is 51.4 Å². The van der Waals surface area contributed by atoms with Crippen molar-refractivity contribution in [2.75, 3.05) is 0 Å². The van der Waals surface area contributed by atoms with E-state index in [-0.39, 0.29) is 6.10 Å². The molecule has 1 heteroatoms. The maximum Gasteiger partial charge on any atom is 0.0571 e.